The average molecular weight is 334 g/mol. The summed E-state index contributed by atoms with van der Waals surface area (Å²) >= 11 is 0. The molecule has 0 aliphatic carbocycles. The molecule has 3 N–H and O–H groups in total. The predicted octanol–water partition coefficient (Wildman–Crippen LogP) is 0.545. The van der Waals surface area contributed by atoms with Crippen molar-refractivity contribution in [2.45, 2.75) is 32.2 Å². The van der Waals surface area contributed by atoms with E-state index in [0.29, 0.717) is 23.8 Å². The first kappa shape index (κ1) is 18.2. The zero-order chi connectivity index (χ0) is 17.5. The summed E-state index contributed by atoms with van der Waals surface area (Å²) in [4.78, 5) is 30.4. The number of hydrogen-bond donors (Lipinski definition) is 3. The van der Waals surface area contributed by atoms with Gasteiger partial charge in [0.1, 0.15) is 5.82 Å². The van der Waals surface area contributed by atoms with Gasteiger partial charge in [-0.2, -0.15) is 0 Å². The van der Waals surface area contributed by atoms with Gasteiger partial charge in [0.2, 0.25) is 5.91 Å². The largest absolute Gasteiger partial charge is 0.396 e. The SMILES string of the molecule is CCC[C@@H]1CN(c2ncccc2C(=O)NC)C[C@H]1NC(=O)CCO. The average Bonchev–Trinajstić information content (AvgIpc) is 2.97. The first-order chi connectivity index (χ1) is 11.6. The number of carbonyl (C=O) groups excluding carboxylic acids is 2. The van der Waals surface area contributed by atoms with Gasteiger partial charge in [-0.3, -0.25) is 9.59 Å². The zero-order valence-electron chi connectivity index (χ0n) is 14.3. The molecular formula is C17H26N4O3. The number of nitrogens with zero attached hydrogens (tertiary/aromatic N) is 2. The number of aliphatic hydroxyl groups is 1. The zero-order valence-corrected chi connectivity index (χ0v) is 14.3. The highest BCUT2D eigenvalue weighted by atomic mass is 16.3. The van der Waals surface area contributed by atoms with Crippen molar-refractivity contribution >= 4 is 17.6 Å². The summed E-state index contributed by atoms with van der Waals surface area (Å²) in [6.45, 7) is 3.33. The molecule has 1 aromatic rings. The number of amides is 2. The summed E-state index contributed by atoms with van der Waals surface area (Å²) in [5, 5.41) is 14.6. The van der Waals surface area contributed by atoms with Crippen molar-refractivity contribution in [2.75, 3.05) is 31.6 Å². The molecule has 2 atom stereocenters. The van der Waals surface area contributed by atoms with Crippen LogP contribution in [0.2, 0.25) is 0 Å². The van der Waals surface area contributed by atoms with Crippen LogP contribution in [0.4, 0.5) is 5.82 Å². The molecule has 0 saturated carbocycles. The van der Waals surface area contributed by atoms with Crippen molar-refractivity contribution in [2.24, 2.45) is 5.92 Å². The molecule has 2 heterocycles. The van der Waals surface area contributed by atoms with Gasteiger partial charge in [0, 0.05) is 32.8 Å². The standard InChI is InChI=1S/C17H26N4O3/c1-3-5-12-10-21(11-14(12)20-15(23)7-9-22)16-13(17(24)18-2)6-4-8-19-16/h4,6,8,12,14,22H,3,5,7,9-11H2,1-2H3,(H,18,24)(H,20,23)/t12-,14-/m1/s1. The molecule has 1 aliphatic rings. The fourth-order valence-electron chi connectivity index (χ4n) is 3.21. The number of pyridine rings is 1. The number of aromatic nitrogens is 1. The summed E-state index contributed by atoms with van der Waals surface area (Å²) in [6, 6.07) is 3.51. The molecule has 0 unspecified atom stereocenters. The van der Waals surface area contributed by atoms with E-state index in [2.05, 4.69) is 27.4 Å². The molecule has 24 heavy (non-hydrogen) atoms. The maximum Gasteiger partial charge on any atom is 0.254 e. The third-order valence-electron chi connectivity index (χ3n) is 4.34. The second kappa shape index (κ2) is 8.63. The molecule has 7 heteroatoms. The smallest absolute Gasteiger partial charge is 0.254 e. The summed E-state index contributed by atoms with van der Waals surface area (Å²) in [5.74, 6) is 0.643. The minimum atomic E-state index is -0.169. The maximum atomic E-state index is 12.1. The summed E-state index contributed by atoms with van der Waals surface area (Å²) in [5.41, 5.74) is 0.539. The van der Waals surface area contributed by atoms with E-state index in [9.17, 15) is 9.59 Å². The van der Waals surface area contributed by atoms with Gasteiger partial charge in [-0.15, -0.1) is 0 Å². The van der Waals surface area contributed by atoms with Crippen LogP contribution in [0.15, 0.2) is 18.3 Å². The lowest BCUT2D eigenvalue weighted by atomic mass is 9.98. The van der Waals surface area contributed by atoms with Crippen molar-refractivity contribution in [3.8, 4) is 0 Å². The Morgan fingerprint density at radius 1 is 1.42 bits per heavy atom. The normalized spacial score (nSPS) is 20.0. The first-order valence-electron chi connectivity index (χ1n) is 8.43. The summed E-state index contributed by atoms with van der Waals surface area (Å²) in [6.07, 6.45) is 3.80. The Hall–Kier alpha value is -2.15. The molecule has 0 spiro atoms. The number of carbonyl (C=O) groups is 2. The van der Waals surface area contributed by atoms with E-state index < -0.39 is 0 Å². The van der Waals surface area contributed by atoms with E-state index in [1.807, 2.05) is 0 Å². The van der Waals surface area contributed by atoms with Crippen LogP contribution >= 0.6 is 0 Å². The molecule has 2 rings (SSSR count). The number of hydrogen-bond acceptors (Lipinski definition) is 5. The monoisotopic (exact) mass is 334 g/mol. The Morgan fingerprint density at radius 3 is 2.88 bits per heavy atom. The lowest BCUT2D eigenvalue weighted by Crippen LogP contribution is -2.41. The Morgan fingerprint density at radius 2 is 2.21 bits per heavy atom. The fourth-order valence-corrected chi connectivity index (χ4v) is 3.21. The topological polar surface area (TPSA) is 94.6 Å². The van der Waals surface area contributed by atoms with Crippen molar-refractivity contribution in [3.63, 3.8) is 0 Å². The lowest BCUT2D eigenvalue weighted by Gasteiger charge is -2.20. The second-order valence-corrected chi connectivity index (χ2v) is 6.06. The van der Waals surface area contributed by atoms with Crippen LogP contribution in [0.25, 0.3) is 0 Å². The Kier molecular flexibility index (Phi) is 6.54. The van der Waals surface area contributed by atoms with E-state index in [0.717, 1.165) is 19.4 Å². The number of aliphatic hydroxyl groups excluding tert-OH is 1. The summed E-state index contributed by atoms with van der Waals surface area (Å²) in [7, 11) is 1.60. The molecule has 132 valence electrons. The molecule has 0 bridgehead atoms. The highest BCUT2D eigenvalue weighted by Crippen LogP contribution is 2.28. The quantitative estimate of drug-likeness (QED) is 0.677. The van der Waals surface area contributed by atoms with Gasteiger partial charge in [0.15, 0.2) is 0 Å². The number of nitrogens with one attached hydrogen (secondary N) is 2. The van der Waals surface area contributed by atoms with Gasteiger partial charge in [-0.05, 0) is 24.5 Å². The third-order valence-corrected chi connectivity index (χ3v) is 4.34. The number of anilines is 1. The maximum absolute atomic E-state index is 12.1. The van der Waals surface area contributed by atoms with Gasteiger partial charge in [0.25, 0.3) is 5.91 Å². The van der Waals surface area contributed by atoms with Crippen LogP contribution in [-0.4, -0.2) is 54.7 Å². The third kappa shape index (κ3) is 4.23. The fraction of sp³-hybridized carbons (Fsp3) is 0.588. The van der Waals surface area contributed by atoms with Crippen LogP contribution in [0.1, 0.15) is 36.5 Å². The van der Waals surface area contributed by atoms with Gasteiger partial charge in [-0.25, -0.2) is 4.98 Å². The highest BCUT2D eigenvalue weighted by Gasteiger charge is 2.35. The summed E-state index contributed by atoms with van der Waals surface area (Å²) < 4.78 is 0. The van der Waals surface area contributed by atoms with Crippen LogP contribution in [0.3, 0.4) is 0 Å². The van der Waals surface area contributed by atoms with Gasteiger partial charge < -0.3 is 20.6 Å². The Bertz CT molecular complexity index is 579. The van der Waals surface area contributed by atoms with E-state index in [1.165, 1.54) is 0 Å². The van der Waals surface area contributed by atoms with E-state index in [4.69, 9.17) is 5.11 Å². The molecule has 7 nitrogen and oxygen atoms in total. The molecule has 1 aliphatic heterocycles. The van der Waals surface area contributed by atoms with E-state index >= 15 is 0 Å². The van der Waals surface area contributed by atoms with Gasteiger partial charge >= 0.3 is 0 Å². The molecule has 1 aromatic heterocycles. The van der Waals surface area contributed by atoms with Crippen LogP contribution in [-0.2, 0) is 4.79 Å². The van der Waals surface area contributed by atoms with Crippen LogP contribution < -0.4 is 15.5 Å². The van der Waals surface area contributed by atoms with Crippen molar-refractivity contribution in [1.82, 2.24) is 15.6 Å². The lowest BCUT2D eigenvalue weighted by molar-refractivity contribution is -0.122. The van der Waals surface area contributed by atoms with Crippen molar-refractivity contribution in [1.29, 1.82) is 0 Å². The first-order valence-corrected chi connectivity index (χ1v) is 8.43. The van der Waals surface area contributed by atoms with E-state index in [-0.39, 0.29) is 30.9 Å². The minimum Gasteiger partial charge on any atom is -0.396 e. The highest BCUT2D eigenvalue weighted by molar-refractivity contribution is 5.98. The van der Waals surface area contributed by atoms with Gasteiger partial charge in [0.05, 0.1) is 18.2 Å². The van der Waals surface area contributed by atoms with E-state index in [1.54, 1.807) is 25.4 Å². The number of rotatable bonds is 7. The second-order valence-electron chi connectivity index (χ2n) is 6.06. The Balaban J connectivity index is 2.18. The molecule has 2 amide bonds. The molecule has 0 aromatic carbocycles. The molecular weight excluding hydrogens is 308 g/mol. The molecule has 0 radical (unpaired) electrons. The molecule has 1 fully saturated rings. The Labute approximate surface area is 142 Å². The molecule has 1 saturated heterocycles. The minimum absolute atomic E-state index is 0.00328. The van der Waals surface area contributed by atoms with Crippen molar-refractivity contribution < 1.29 is 14.7 Å². The predicted molar refractivity (Wildman–Crippen MR) is 91.9 cm³/mol. The van der Waals surface area contributed by atoms with Gasteiger partial charge in [-0.1, -0.05) is 13.3 Å². The van der Waals surface area contributed by atoms with Crippen molar-refractivity contribution in [3.05, 3.63) is 23.9 Å². The van der Waals surface area contributed by atoms with Crippen LogP contribution in [0, 0.1) is 5.92 Å². The van der Waals surface area contributed by atoms with Crippen LogP contribution in [0.5, 0.6) is 0 Å².